The third-order valence-corrected chi connectivity index (χ3v) is 3.82. The summed E-state index contributed by atoms with van der Waals surface area (Å²) in [7, 11) is 0. The molecule has 0 aliphatic rings. The number of halogens is 1. The number of rotatable bonds is 5. The lowest BCUT2D eigenvalue weighted by molar-refractivity contribution is -0.137. The van der Waals surface area contributed by atoms with Crippen molar-refractivity contribution in [1.82, 2.24) is 4.90 Å². The number of hydrogen-bond donors (Lipinski definition) is 1. The normalized spacial score (nSPS) is 9.89. The molecule has 1 aromatic rings. The molecule has 1 N–H and O–H groups in total. The molecule has 0 saturated carbocycles. The van der Waals surface area contributed by atoms with E-state index in [4.69, 9.17) is 5.11 Å². The Labute approximate surface area is 119 Å². The highest BCUT2D eigenvalue weighted by Gasteiger charge is 2.19. The molecule has 0 saturated heterocycles. The lowest BCUT2D eigenvalue weighted by Crippen LogP contribution is -2.36. The Morgan fingerprint density at radius 2 is 2.17 bits per heavy atom. The first kappa shape index (κ1) is 14.7. The van der Waals surface area contributed by atoms with E-state index in [1.807, 2.05) is 13.0 Å². The minimum Gasteiger partial charge on any atom is -0.480 e. The van der Waals surface area contributed by atoms with Gasteiger partial charge in [-0.3, -0.25) is 9.59 Å². The summed E-state index contributed by atoms with van der Waals surface area (Å²) < 4.78 is 0.847. The molecule has 0 spiro atoms. The lowest BCUT2D eigenvalue weighted by Gasteiger charge is -2.20. The van der Waals surface area contributed by atoms with Crippen LogP contribution in [0.15, 0.2) is 30.9 Å². The van der Waals surface area contributed by atoms with Gasteiger partial charge in [0.2, 0.25) is 0 Å². The smallest absolute Gasteiger partial charge is 0.323 e. The van der Waals surface area contributed by atoms with Gasteiger partial charge in [0.05, 0.1) is 5.56 Å². The fraction of sp³-hybridized carbons (Fsp3) is 0.231. The molecular weight excluding hydrogens is 345 g/mol. The summed E-state index contributed by atoms with van der Waals surface area (Å²) in [6.45, 7) is 5.34. The van der Waals surface area contributed by atoms with E-state index in [-0.39, 0.29) is 19.0 Å². The van der Waals surface area contributed by atoms with Crippen LogP contribution in [0.1, 0.15) is 15.9 Å². The Kier molecular flexibility index (Phi) is 5.33. The molecule has 1 amide bonds. The van der Waals surface area contributed by atoms with Crippen molar-refractivity contribution in [3.8, 4) is 0 Å². The molecular formula is C13H14INO3. The van der Waals surface area contributed by atoms with Crippen molar-refractivity contribution in [3.05, 3.63) is 45.6 Å². The van der Waals surface area contributed by atoms with Crippen molar-refractivity contribution in [2.24, 2.45) is 0 Å². The van der Waals surface area contributed by atoms with E-state index in [0.29, 0.717) is 5.56 Å². The van der Waals surface area contributed by atoms with Crippen LogP contribution in [0.5, 0.6) is 0 Å². The molecule has 0 aliphatic carbocycles. The zero-order valence-corrected chi connectivity index (χ0v) is 12.2. The van der Waals surface area contributed by atoms with Gasteiger partial charge in [-0.25, -0.2) is 0 Å². The predicted molar refractivity (Wildman–Crippen MR) is 77.6 cm³/mol. The molecule has 0 aromatic heterocycles. The summed E-state index contributed by atoms with van der Waals surface area (Å²) in [5, 5.41) is 8.80. The van der Waals surface area contributed by atoms with Gasteiger partial charge in [0.25, 0.3) is 5.91 Å². The Balaban J connectivity index is 3.05. The second-order valence-corrected chi connectivity index (χ2v) is 4.88. The van der Waals surface area contributed by atoms with E-state index in [1.165, 1.54) is 11.0 Å². The first-order valence-electron chi connectivity index (χ1n) is 5.34. The SMILES string of the molecule is C=CCN(CC(=O)O)C(=O)c1cccc(C)c1I. The van der Waals surface area contributed by atoms with E-state index in [9.17, 15) is 9.59 Å². The third kappa shape index (κ3) is 3.56. The van der Waals surface area contributed by atoms with Crippen LogP contribution in [0.4, 0.5) is 0 Å². The van der Waals surface area contributed by atoms with Crippen molar-refractivity contribution < 1.29 is 14.7 Å². The van der Waals surface area contributed by atoms with Gasteiger partial charge in [-0.15, -0.1) is 6.58 Å². The molecule has 0 radical (unpaired) electrons. The van der Waals surface area contributed by atoms with E-state index >= 15 is 0 Å². The second-order valence-electron chi connectivity index (χ2n) is 3.80. The Bertz CT molecular complexity index is 485. The molecule has 0 unspecified atom stereocenters. The van der Waals surface area contributed by atoms with Gasteiger partial charge in [-0.1, -0.05) is 18.2 Å². The molecule has 0 bridgehead atoms. The van der Waals surface area contributed by atoms with Crippen LogP contribution in [0.25, 0.3) is 0 Å². The van der Waals surface area contributed by atoms with Gasteiger partial charge in [-0.2, -0.15) is 0 Å². The largest absolute Gasteiger partial charge is 0.480 e. The number of carboxylic acids is 1. The van der Waals surface area contributed by atoms with Crippen LogP contribution in [-0.4, -0.2) is 35.0 Å². The fourth-order valence-electron chi connectivity index (χ4n) is 1.52. The van der Waals surface area contributed by atoms with E-state index in [1.54, 1.807) is 12.1 Å². The Morgan fingerprint density at radius 1 is 1.50 bits per heavy atom. The number of nitrogens with zero attached hydrogens (tertiary/aromatic N) is 1. The number of carboxylic acid groups (broad SMARTS) is 1. The third-order valence-electron chi connectivity index (χ3n) is 2.39. The summed E-state index contributed by atoms with van der Waals surface area (Å²) >= 11 is 2.09. The topological polar surface area (TPSA) is 57.6 Å². The summed E-state index contributed by atoms with van der Waals surface area (Å²) in [5.74, 6) is -1.32. The molecule has 4 nitrogen and oxygen atoms in total. The van der Waals surface area contributed by atoms with Crippen molar-refractivity contribution >= 4 is 34.5 Å². The maximum absolute atomic E-state index is 12.3. The number of carbonyl (C=O) groups is 2. The molecule has 0 heterocycles. The summed E-state index contributed by atoms with van der Waals surface area (Å²) in [6, 6.07) is 5.40. The van der Waals surface area contributed by atoms with Crippen LogP contribution in [0.3, 0.4) is 0 Å². The van der Waals surface area contributed by atoms with Crippen molar-refractivity contribution in [1.29, 1.82) is 0 Å². The van der Waals surface area contributed by atoms with Gasteiger partial charge < -0.3 is 10.0 Å². The van der Waals surface area contributed by atoms with Gasteiger partial charge in [0.15, 0.2) is 0 Å². The van der Waals surface area contributed by atoms with Gasteiger partial charge >= 0.3 is 5.97 Å². The minimum atomic E-state index is -1.03. The summed E-state index contributed by atoms with van der Waals surface area (Å²) in [5.41, 5.74) is 1.52. The van der Waals surface area contributed by atoms with Crippen LogP contribution in [0.2, 0.25) is 0 Å². The number of aliphatic carboxylic acids is 1. The molecule has 1 rings (SSSR count). The number of carbonyl (C=O) groups excluding carboxylic acids is 1. The lowest BCUT2D eigenvalue weighted by atomic mass is 10.1. The molecule has 18 heavy (non-hydrogen) atoms. The maximum Gasteiger partial charge on any atom is 0.323 e. The number of hydrogen-bond acceptors (Lipinski definition) is 2. The Morgan fingerprint density at radius 3 is 2.72 bits per heavy atom. The quantitative estimate of drug-likeness (QED) is 0.649. The van der Waals surface area contributed by atoms with Gasteiger partial charge in [-0.05, 0) is 41.1 Å². The second kappa shape index (κ2) is 6.53. The molecule has 96 valence electrons. The standard InChI is InChI=1S/C13H14INO3/c1-3-7-15(8-11(16)17)13(18)10-6-4-5-9(2)12(10)14/h3-6H,1,7-8H2,2H3,(H,16,17). The Hall–Kier alpha value is -1.37. The number of amides is 1. The predicted octanol–water partition coefficient (Wildman–Crippen LogP) is 2.31. The minimum absolute atomic E-state index is 0.217. The summed E-state index contributed by atoms with van der Waals surface area (Å²) in [4.78, 5) is 24.3. The highest BCUT2D eigenvalue weighted by atomic mass is 127. The average Bonchev–Trinajstić information content (AvgIpc) is 2.31. The maximum atomic E-state index is 12.3. The first-order valence-corrected chi connectivity index (χ1v) is 6.42. The highest BCUT2D eigenvalue weighted by Crippen LogP contribution is 2.18. The summed E-state index contributed by atoms with van der Waals surface area (Å²) in [6.07, 6.45) is 1.52. The van der Waals surface area contributed by atoms with Crippen molar-refractivity contribution in [3.63, 3.8) is 0 Å². The monoisotopic (exact) mass is 359 g/mol. The molecule has 0 aliphatic heterocycles. The highest BCUT2D eigenvalue weighted by molar-refractivity contribution is 14.1. The molecule has 1 aromatic carbocycles. The number of aryl methyl sites for hydroxylation is 1. The van der Waals surface area contributed by atoms with E-state index in [0.717, 1.165) is 9.13 Å². The molecule has 0 fully saturated rings. The van der Waals surface area contributed by atoms with Crippen LogP contribution in [0, 0.1) is 10.5 Å². The average molecular weight is 359 g/mol. The van der Waals surface area contributed by atoms with Crippen LogP contribution in [-0.2, 0) is 4.79 Å². The van der Waals surface area contributed by atoms with Gasteiger partial charge in [0.1, 0.15) is 6.54 Å². The first-order chi connectivity index (χ1) is 8.47. The van der Waals surface area contributed by atoms with Gasteiger partial charge in [0, 0.05) is 10.1 Å². The van der Waals surface area contributed by atoms with E-state index in [2.05, 4.69) is 29.2 Å². The van der Waals surface area contributed by atoms with Crippen molar-refractivity contribution in [2.75, 3.05) is 13.1 Å². The van der Waals surface area contributed by atoms with E-state index < -0.39 is 5.97 Å². The molecule has 5 heteroatoms. The fourth-order valence-corrected chi connectivity index (χ4v) is 2.11. The zero-order valence-electron chi connectivity index (χ0n) is 10.0. The van der Waals surface area contributed by atoms with Crippen LogP contribution < -0.4 is 0 Å². The zero-order chi connectivity index (χ0) is 13.7. The van der Waals surface area contributed by atoms with Crippen LogP contribution >= 0.6 is 22.6 Å². The molecule has 0 atom stereocenters. The van der Waals surface area contributed by atoms with Crippen molar-refractivity contribution in [2.45, 2.75) is 6.92 Å². The number of benzene rings is 1.